The van der Waals surface area contributed by atoms with Crippen LogP contribution in [0.4, 0.5) is 0 Å². The van der Waals surface area contributed by atoms with Gasteiger partial charge in [-0.3, -0.25) is 10.1 Å². The molecule has 6 heteroatoms. The number of carbonyl (C=O) groups excluding carboxylic acids is 1. The van der Waals surface area contributed by atoms with Crippen LogP contribution in [0.1, 0.15) is 32.6 Å². The number of rotatable bonds is 5. The number of esters is 1. The largest absolute Gasteiger partial charge is 0.493 e. The van der Waals surface area contributed by atoms with Gasteiger partial charge in [-0.05, 0) is 49.6 Å². The molecule has 0 aromatic heterocycles. The van der Waals surface area contributed by atoms with Crippen LogP contribution in [0.5, 0.6) is 11.5 Å². The van der Waals surface area contributed by atoms with Crippen molar-refractivity contribution in [1.82, 2.24) is 0 Å². The van der Waals surface area contributed by atoms with E-state index < -0.39 is 10.9 Å². The number of carbonyl (C=O) groups is 1. The molecule has 2 aromatic rings. The predicted octanol–water partition coefficient (Wildman–Crippen LogP) is 4.09. The van der Waals surface area contributed by atoms with Gasteiger partial charge in [0.25, 0.3) is 0 Å². The number of hydrogen-bond acceptors (Lipinski definition) is 5. The van der Waals surface area contributed by atoms with E-state index in [1.807, 2.05) is 32.9 Å². The number of nitro groups is 1. The van der Waals surface area contributed by atoms with E-state index in [0.717, 1.165) is 22.9 Å². The molecule has 0 radical (unpaired) electrons. The van der Waals surface area contributed by atoms with Gasteiger partial charge in [-0.15, -0.1) is 0 Å². The van der Waals surface area contributed by atoms with Gasteiger partial charge in [0.1, 0.15) is 0 Å². The van der Waals surface area contributed by atoms with Crippen LogP contribution in [0, 0.1) is 30.9 Å². The van der Waals surface area contributed by atoms with Crippen LogP contribution in [0.2, 0.25) is 0 Å². The Kier molecular flexibility index (Phi) is 5.54. The molecule has 0 saturated heterocycles. The molecule has 0 spiro atoms. The molecule has 0 bridgehead atoms. The van der Waals surface area contributed by atoms with Gasteiger partial charge in [0.05, 0.1) is 17.6 Å². The molecule has 0 N–H and O–H groups in total. The highest BCUT2D eigenvalue weighted by Crippen LogP contribution is 2.30. The lowest BCUT2D eigenvalue weighted by atomic mass is 10.00. The Morgan fingerprint density at radius 1 is 1.08 bits per heavy atom. The topological polar surface area (TPSA) is 78.7 Å². The SMILES string of the molecule is COc1cc(C=C[N+](=O)[O-])ccc1OC(=O)c1c(C)cc(C)cc1C. The first-order chi connectivity index (χ1) is 11.8. The number of nitrogens with zero attached hydrogens (tertiary/aromatic N) is 1. The molecule has 25 heavy (non-hydrogen) atoms. The molecule has 6 nitrogen and oxygen atoms in total. The first-order valence-corrected chi connectivity index (χ1v) is 7.61. The standard InChI is InChI=1S/C19H19NO5/c1-12-9-13(2)18(14(3)10-12)19(21)25-16-6-5-15(7-8-20(22)23)11-17(16)24-4/h5-11H,1-4H3. The Hall–Kier alpha value is -3.15. The second kappa shape index (κ2) is 7.61. The smallest absolute Gasteiger partial charge is 0.344 e. The Balaban J connectivity index is 2.31. The van der Waals surface area contributed by atoms with Crippen molar-refractivity contribution in [3.8, 4) is 11.5 Å². The number of aryl methyl sites for hydroxylation is 3. The van der Waals surface area contributed by atoms with Crippen LogP contribution >= 0.6 is 0 Å². The van der Waals surface area contributed by atoms with E-state index >= 15 is 0 Å². The zero-order valence-electron chi connectivity index (χ0n) is 14.5. The molecule has 2 aromatic carbocycles. The molecule has 0 saturated carbocycles. The van der Waals surface area contributed by atoms with Crippen molar-refractivity contribution < 1.29 is 19.2 Å². The number of benzene rings is 2. The summed E-state index contributed by atoms with van der Waals surface area (Å²) in [5, 5.41) is 10.4. The molecular formula is C19H19NO5. The summed E-state index contributed by atoms with van der Waals surface area (Å²) in [6, 6.07) is 8.57. The third kappa shape index (κ3) is 4.44. The van der Waals surface area contributed by atoms with E-state index in [4.69, 9.17) is 9.47 Å². The van der Waals surface area contributed by atoms with Crippen LogP contribution < -0.4 is 9.47 Å². The van der Waals surface area contributed by atoms with Gasteiger partial charge in [-0.1, -0.05) is 23.8 Å². The average molecular weight is 341 g/mol. The zero-order chi connectivity index (χ0) is 18.6. The van der Waals surface area contributed by atoms with Gasteiger partial charge in [0.15, 0.2) is 11.5 Å². The van der Waals surface area contributed by atoms with Crippen molar-refractivity contribution in [3.63, 3.8) is 0 Å². The fourth-order valence-corrected chi connectivity index (χ4v) is 2.67. The van der Waals surface area contributed by atoms with Crippen molar-refractivity contribution in [2.75, 3.05) is 7.11 Å². The highest BCUT2D eigenvalue weighted by Gasteiger charge is 2.17. The summed E-state index contributed by atoms with van der Waals surface area (Å²) in [5.41, 5.74) is 3.84. The van der Waals surface area contributed by atoms with Crippen LogP contribution in [0.3, 0.4) is 0 Å². The minimum atomic E-state index is -0.552. The summed E-state index contributed by atoms with van der Waals surface area (Å²) in [5.74, 6) is 0.105. The summed E-state index contributed by atoms with van der Waals surface area (Å²) >= 11 is 0. The van der Waals surface area contributed by atoms with Gasteiger partial charge >= 0.3 is 5.97 Å². The van der Waals surface area contributed by atoms with Gasteiger partial charge in [-0.2, -0.15) is 0 Å². The maximum absolute atomic E-state index is 12.6. The summed E-state index contributed by atoms with van der Waals surface area (Å²) in [6.45, 7) is 5.69. The first kappa shape index (κ1) is 18.2. The van der Waals surface area contributed by atoms with E-state index in [1.165, 1.54) is 13.2 Å². The first-order valence-electron chi connectivity index (χ1n) is 7.61. The monoisotopic (exact) mass is 341 g/mol. The van der Waals surface area contributed by atoms with E-state index in [2.05, 4.69) is 0 Å². The van der Waals surface area contributed by atoms with Crippen LogP contribution in [0.25, 0.3) is 6.08 Å². The minimum absolute atomic E-state index is 0.255. The van der Waals surface area contributed by atoms with Crippen LogP contribution in [-0.2, 0) is 0 Å². The summed E-state index contributed by atoms with van der Waals surface area (Å²) < 4.78 is 10.7. The summed E-state index contributed by atoms with van der Waals surface area (Å²) in [4.78, 5) is 22.4. The Bertz CT molecular complexity index is 832. The Morgan fingerprint density at radius 2 is 1.72 bits per heavy atom. The molecule has 0 aliphatic heterocycles. The van der Waals surface area contributed by atoms with Crippen molar-refractivity contribution >= 4 is 12.0 Å². The molecule has 0 atom stereocenters. The molecule has 130 valence electrons. The lowest BCUT2D eigenvalue weighted by Crippen LogP contribution is -2.13. The van der Waals surface area contributed by atoms with Gasteiger partial charge < -0.3 is 9.47 Å². The number of methoxy groups -OCH3 is 1. The van der Waals surface area contributed by atoms with Crippen molar-refractivity contribution in [2.24, 2.45) is 0 Å². The van der Waals surface area contributed by atoms with Crippen LogP contribution in [0.15, 0.2) is 36.5 Å². The highest BCUT2D eigenvalue weighted by atomic mass is 16.6. The molecule has 0 heterocycles. The second-order valence-electron chi connectivity index (χ2n) is 5.67. The number of ether oxygens (including phenoxy) is 2. The lowest BCUT2D eigenvalue weighted by molar-refractivity contribution is -0.400. The van der Waals surface area contributed by atoms with Crippen molar-refractivity contribution in [1.29, 1.82) is 0 Å². The number of hydrogen-bond donors (Lipinski definition) is 0. The summed E-state index contributed by atoms with van der Waals surface area (Å²) in [7, 11) is 1.44. The average Bonchev–Trinajstić information content (AvgIpc) is 2.52. The fourth-order valence-electron chi connectivity index (χ4n) is 2.67. The van der Waals surface area contributed by atoms with E-state index in [-0.39, 0.29) is 5.75 Å². The van der Waals surface area contributed by atoms with E-state index in [0.29, 0.717) is 16.9 Å². The van der Waals surface area contributed by atoms with Crippen molar-refractivity contribution in [2.45, 2.75) is 20.8 Å². The third-order valence-corrected chi connectivity index (χ3v) is 3.66. The van der Waals surface area contributed by atoms with E-state index in [1.54, 1.807) is 18.2 Å². The normalized spacial score (nSPS) is 10.7. The summed E-state index contributed by atoms with van der Waals surface area (Å²) in [6.07, 6.45) is 2.17. The van der Waals surface area contributed by atoms with Gasteiger partial charge in [-0.25, -0.2) is 4.79 Å². The quantitative estimate of drug-likeness (QED) is 0.354. The molecule has 0 fully saturated rings. The van der Waals surface area contributed by atoms with Crippen LogP contribution in [-0.4, -0.2) is 18.0 Å². The molecule has 2 rings (SSSR count). The molecule has 0 aliphatic carbocycles. The molecule has 0 aliphatic rings. The van der Waals surface area contributed by atoms with E-state index in [9.17, 15) is 14.9 Å². The Morgan fingerprint density at radius 3 is 2.28 bits per heavy atom. The Labute approximate surface area is 145 Å². The van der Waals surface area contributed by atoms with Crippen molar-refractivity contribution in [3.05, 3.63) is 74.5 Å². The lowest BCUT2D eigenvalue weighted by Gasteiger charge is -2.13. The predicted molar refractivity (Wildman–Crippen MR) is 94.6 cm³/mol. The molecule has 0 unspecified atom stereocenters. The zero-order valence-corrected chi connectivity index (χ0v) is 14.5. The molecular weight excluding hydrogens is 322 g/mol. The maximum atomic E-state index is 12.6. The fraction of sp³-hybridized carbons (Fsp3) is 0.211. The van der Waals surface area contributed by atoms with Gasteiger partial charge in [0, 0.05) is 6.08 Å². The maximum Gasteiger partial charge on any atom is 0.344 e. The third-order valence-electron chi connectivity index (χ3n) is 3.66. The highest BCUT2D eigenvalue weighted by molar-refractivity contribution is 5.94. The van der Waals surface area contributed by atoms with Gasteiger partial charge in [0.2, 0.25) is 6.20 Å². The molecule has 0 amide bonds. The minimum Gasteiger partial charge on any atom is -0.493 e. The second-order valence-corrected chi connectivity index (χ2v) is 5.67.